The van der Waals surface area contributed by atoms with Crippen LogP contribution >= 0.6 is 11.8 Å². The highest BCUT2D eigenvalue weighted by Gasteiger charge is 2.15. The first kappa shape index (κ1) is 9.46. The van der Waals surface area contributed by atoms with Gasteiger partial charge in [-0.3, -0.25) is 0 Å². The SMILES string of the molecule is C=C1SC/C(=C\C=C(C)C)N1C. The van der Waals surface area contributed by atoms with Crippen molar-refractivity contribution in [1.82, 2.24) is 4.90 Å². The number of nitrogens with zero attached hydrogens (tertiary/aromatic N) is 1. The van der Waals surface area contributed by atoms with Gasteiger partial charge in [0.2, 0.25) is 0 Å². The fraction of sp³-hybridized carbons (Fsp3) is 0.400. The van der Waals surface area contributed by atoms with Crippen molar-refractivity contribution in [1.29, 1.82) is 0 Å². The van der Waals surface area contributed by atoms with Crippen LogP contribution in [0.15, 0.2) is 35.0 Å². The fourth-order valence-corrected chi connectivity index (χ4v) is 1.85. The summed E-state index contributed by atoms with van der Waals surface area (Å²) in [6, 6.07) is 0. The van der Waals surface area contributed by atoms with Gasteiger partial charge in [0.25, 0.3) is 0 Å². The average Bonchev–Trinajstić information content (AvgIpc) is 2.30. The zero-order valence-corrected chi connectivity index (χ0v) is 8.74. The van der Waals surface area contributed by atoms with Crippen LogP contribution in [-0.4, -0.2) is 17.7 Å². The Morgan fingerprint density at radius 2 is 2.25 bits per heavy atom. The second kappa shape index (κ2) is 3.85. The number of thioether (sulfide) groups is 1. The normalized spacial score (nSPS) is 20.4. The van der Waals surface area contributed by atoms with E-state index in [1.165, 1.54) is 11.3 Å². The summed E-state index contributed by atoms with van der Waals surface area (Å²) in [5, 5.41) is 1.14. The van der Waals surface area contributed by atoms with Gasteiger partial charge in [-0.05, 0) is 19.9 Å². The van der Waals surface area contributed by atoms with E-state index in [-0.39, 0.29) is 0 Å². The van der Waals surface area contributed by atoms with Crippen molar-refractivity contribution in [2.45, 2.75) is 13.8 Å². The first-order valence-corrected chi connectivity index (χ1v) is 4.99. The van der Waals surface area contributed by atoms with Crippen molar-refractivity contribution in [3.63, 3.8) is 0 Å². The number of hydrogen-bond acceptors (Lipinski definition) is 2. The van der Waals surface area contributed by atoms with Gasteiger partial charge < -0.3 is 4.90 Å². The Morgan fingerprint density at radius 1 is 1.58 bits per heavy atom. The third-order valence-electron chi connectivity index (χ3n) is 1.80. The molecule has 0 unspecified atom stereocenters. The van der Waals surface area contributed by atoms with Gasteiger partial charge in [-0.2, -0.15) is 0 Å². The Bertz CT molecular complexity index is 247. The molecule has 0 radical (unpaired) electrons. The summed E-state index contributed by atoms with van der Waals surface area (Å²) >= 11 is 1.80. The van der Waals surface area contributed by atoms with Crippen LogP contribution in [-0.2, 0) is 0 Å². The maximum Gasteiger partial charge on any atom is 0.0677 e. The molecule has 1 saturated heterocycles. The van der Waals surface area contributed by atoms with Gasteiger partial charge in [0, 0.05) is 18.5 Å². The van der Waals surface area contributed by atoms with E-state index in [4.69, 9.17) is 0 Å². The van der Waals surface area contributed by atoms with E-state index in [0.29, 0.717) is 0 Å². The monoisotopic (exact) mass is 181 g/mol. The summed E-state index contributed by atoms with van der Waals surface area (Å²) in [5.74, 6) is 1.05. The maximum atomic E-state index is 3.94. The Morgan fingerprint density at radius 3 is 2.67 bits per heavy atom. The van der Waals surface area contributed by atoms with Crippen molar-refractivity contribution in [2.24, 2.45) is 0 Å². The molecule has 66 valence electrons. The van der Waals surface area contributed by atoms with Crippen molar-refractivity contribution in [2.75, 3.05) is 12.8 Å². The van der Waals surface area contributed by atoms with Crippen molar-refractivity contribution in [3.8, 4) is 0 Å². The molecular formula is C10H15NS. The van der Waals surface area contributed by atoms with Crippen LogP contribution in [0.1, 0.15) is 13.8 Å². The summed E-state index contributed by atoms with van der Waals surface area (Å²) in [6.45, 7) is 8.15. The zero-order valence-electron chi connectivity index (χ0n) is 7.92. The lowest BCUT2D eigenvalue weighted by molar-refractivity contribution is 0.577. The Labute approximate surface area is 78.8 Å². The molecule has 1 heterocycles. The molecule has 2 heteroatoms. The summed E-state index contributed by atoms with van der Waals surface area (Å²) < 4.78 is 0. The summed E-state index contributed by atoms with van der Waals surface area (Å²) in [4.78, 5) is 2.14. The topological polar surface area (TPSA) is 3.24 Å². The maximum absolute atomic E-state index is 3.94. The minimum atomic E-state index is 1.05. The standard InChI is InChI=1S/C10H15NS/c1-8(2)5-6-10-7-12-9(3)11(10)4/h5-6H,3,7H2,1-2,4H3/b10-6+. The van der Waals surface area contributed by atoms with Crippen LogP contribution in [0.5, 0.6) is 0 Å². The molecule has 1 nitrogen and oxygen atoms in total. The van der Waals surface area contributed by atoms with E-state index in [2.05, 4.69) is 44.5 Å². The minimum absolute atomic E-state index is 1.05. The Hall–Kier alpha value is -0.630. The van der Waals surface area contributed by atoms with E-state index < -0.39 is 0 Å². The molecule has 0 N–H and O–H groups in total. The van der Waals surface area contributed by atoms with Gasteiger partial charge >= 0.3 is 0 Å². The lowest BCUT2D eigenvalue weighted by atomic mass is 10.3. The molecule has 1 rings (SSSR count). The predicted octanol–water partition coefficient (Wildman–Crippen LogP) is 2.99. The van der Waals surface area contributed by atoms with Crippen LogP contribution in [0.2, 0.25) is 0 Å². The van der Waals surface area contributed by atoms with E-state index in [9.17, 15) is 0 Å². The van der Waals surface area contributed by atoms with Crippen LogP contribution in [0.25, 0.3) is 0 Å². The molecule has 0 bridgehead atoms. The lowest BCUT2D eigenvalue weighted by Gasteiger charge is -2.11. The van der Waals surface area contributed by atoms with Gasteiger partial charge in [0.15, 0.2) is 0 Å². The van der Waals surface area contributed by atoms with Crippen LogP contribution in [0, 0.1) is 0 Å². The summed E-state index contributed by atoms with van der Waals surface area (Å²) in [7, 11) is 2.06. The smallest absolute Gasteiger partial charge is 0.0677 e. The van der Waals surface area contributed by atoms with Crippen LogP contribution in [0.3, 0.4) is 0 Å². The lowest BCUT2D eigenvalue weighted by Crippen LogP contribution is -2.07. The summed E-state index contributed by atoms with van der Waals surface area (Å²) in [5.41, 5.74) is 2.67. The van der Waals surface area contributed by atoms with Crippen molar-refractivity contribution >= 4 is 11.8 Å². The summed E-state index contributed by atoms with van der Waals surface area (Å²) in [6.07, 6.45) is 4.31. The van der Waals surface area contributed by atoms with Crippen LogP contribution < -0.4 is 0 Å². The highest BCUT2D eigenvalue weighted by Crippen LogP contribution is 2.31. The number of rotatable bonds is 1. The molecule has 0 aromatic rings. The van der Waals surface area contributed by atoms with Gasteiger partial charge in [-0.15, -0.1) is 11.8 Å². The fourth-order valence-electron chi connectivity index (χ4n) is 0.934. The molecule has 1 fully saturated rings. The molecule has 0 atom stereocenters. The molecule has 0 spiro atoms. The van der Waals surface area contributed by atoms with Crippen LogP contribution in [0.4, 0.5) is 0 Å². The molecule has 0 aromatic heterocycles. The Balaban J connectivity index is 2.71. The molecule has 1 aliphatic heterocycles. The third kappa shape index (κ3) is 2.18. The van der Waals surface area contributed by atoms with Gasteiger partial charge in [0.1, 0.15) is 0 Å². The number of hydrogen-bond donors (Lipinski definition) is 0. The zero-order chi connectivity index (χ0) is 9.14. The molecule has 0 aromatic carbocycles. The minimum Gasteiger partial charge on any atom is -0.343 e. The van der Waals surface area contributed by atoms with E-state index >= 15 is 0 Å². The molecule has 1 aliphatic rings. The molecular weight excluding hydrogens is 166 g/mol. The van der Waals surface area contributed by atoms with Gasteiger partial charge in [0.05, 0.1) is 5.03 Å². The Kier molecular flexibility index (Phi) is 3.04. The largest absolute Gasteiger partial charge is 0.343 e. The highest BCUT2D eigenvalue weighted by atomic mass is 32.2. The second-order valence-corrected chi connectivity index (χ2v) is 4.19. The number of allylic oxidation sites excluding steroid dienone is 3. The molecule has 0 aliphatic carbocycles. The second-order valence-electron chi connectivity index (χ2n) is 3.14. The highest BCUT2D eigenvalue weighted by molar-refractivity contribution is 8.03. The third-order valence-corrected chi connectivity index (χ3v) is 2.85. The first-order valence-electron chi connectivity index (χ1n) is 4.01. The molecule has 0 amide bonds. The van der Waals surface area contributed by atoms with E-state index in [1.54, 1.807) is 11.8 Å². The van der Waals surface area contributed by atoms with Crippen molar-refractivity contribution < 1.29 is 0 Å². The quantitative estimate of drug-likeness (QED) is 0.612. The van der Waals surface area contributed by atoms with Crippen molar-refractivity contribution in [3.05, 3.63) is 35.0 Å². The average molecular weight is 181 g/mol. The first-order chi connectivity index (χ1) is 5.61. The molecule has 0 saturated carbocycles. The molecule has 12 heavy (non-hydrogen) atoms. The van der Waals surface area contributed by atoms with E-state index in [1.807, 2.05) is 0 Å². The predicted molar refractivity (Wildman–Crippen MR) is 56.9 cm³/mol. The van der Waals surface area contributed by atoms with E-state index in [0.717, 1.165) is 10.8 Å². The van der Waals surface area contributed by atoms with Gasteiger partial charge in [-0.25, -0.2) is 0 Å². The van der Waals surface area contributed by atoms with Gasteiger partial charge in [-0.1, -0.05) is 18.2 Å².